The van der Waals surface area contributed by atoms with E-state index in [2.05, 4.69) is 6.58 Å². The monoisotopic (exact) mass is 248 g/mol. The number of hydrogen-bond donors (Lipinski definition) is 0. The summed E-state index contributed by atoms with van der Waals surface area (Å²) in [6, 6.07) is 0. The molecule has 0 bridgehead atoms. The first kappa shape index (κ1) is 14.3. The van der Waals surface area contributed by atoms with Gasteiger partial charge in [0.2, 0.25) is 0 Å². The van der Waals surface area contributed by atoms with Crippen LogP contribution in [0.4, 0.5) is 13.2 Å². The molecule has 0 unspecified atom stereocenters. The van der Waals surface area contributed by atoms with Crippen molar-refractivity contribution in [3.63, 3.8) is 0 Å². The zero-order chi connectivity index (χ0) is 13.1. The molecule has 0 aliphatic heterocycles. The average Bonchev–Trinajstić information content (AvgIpc) is 2.27. The molecule has 0 aromatic rings. The average molecular weight is 248 g/mol. The van der Waals surface area contributed by atoms with Gasteiger partial charge in [-0.25, -0.2) is 0 Å². The Morgan fingerprint density at radius 2 is 1.76 bits per heavy atom. The van der Waals surface area contributed by atoms with Crippen molar-refractivity contribution in [1.29, 1.82) is 0 Å². The molecule has 1 aliphatic carbocycles. The Kier molecular flexibility index (Phi) is 4.78. The van der Waals surface area contributed by atoms with Gasteiger partial charge >= 0.3 is 6.18 Å². The fourth-order valence-electron chi connectivity index (χ4n) is 2.26. The van der Waals surface area contributed by atoms with Gasteiger partial charge in [-0.3, -0.25) is 4.79 Å². The van der Waals surface area contributed by atoms with Crippen molar-refractivity contribution in [2.75, 3.05) is 0 Å². The van der Waals surface area contributed by atoms with E-state index in [-0.39, 0.29) is 24.5 Å². The molecule has 0 atom stereocenters. The Hall–Kier alpha value is -0.800. The first-order valence-electron chi connectivity index (χ1n) is 6.10. The predicted molar refractivity (Wildman–Crippen MR) is 60.6 cm³/mol. The van der Waals surface area contributed by atoms with Gasteiger partial charge in [-0.1, -0.05) is 19.1 Å². The summed E-state index contributed by atoms with van der Waals surface area (Å²) in [6.45, 7) is 5.69. The first-order valence-corrected chi connectivity index (χ1v) is 6.10. The van der Waals surface area contributed by atoms with Crippen molar-refractivity contribution in [3.05, 3.63) is 12.2 Å². The third-order valence-corrected chi connectivity index (χ3v) is 3.57. The number of Topliss-reactive ketones (excluding diaryl/α,β-unsaturated/α-hetero) is 1. The van der Waals surface area contributed by atoms with Gasteiger partial charge in [0.25, 0.3) is 0 Å². The van der Waals surface area contributed by atoms with Crippen LogP contribution in [0.3, 0.4) is 0 Å². The van der Waals surface area contributed by atoms with Gasteiger partial charge in [0.15, 0.2) is 0 Å². The molecule has 0 spiro atoms. The minimum atomic E-state index is -4.10. The molecule has 1 aliphatic rings. The largest absolute Gasteiger partial charge is 0.391 e. The number of ketones is 1. The molecule has 17 heavy (non-hydrogen) atoms. The van der Waals surface area contributed by atoms with Crippen molar-refractivity contribution in [3.8, 4) is 0 Å². The highest BCUT2D eigenvalue weighted by Crippen LogP contribution is 2.40. The number of carbonyl (C=O) groups excluding carboxylic acids is 1. The number of allylic oxidation sites excluding steroid dienone is 1. The molecule has 0 saturated heterocycles. The molecule has 1 fully saturated rings. The quantitative estimate of drug-likeness (QED) is 0.679. The molecule has 1 nitrogen and oxygen atoms in total. The zero-order valence-electron chi connectivity index (χ0n) is 10.1. The highest BCUT2D eigenvalue weighted by atomic mass is 19.4. The Labute approximate surface area is 100 Å². The van der Waals surface area contributed by atoms with Crippen LogP contribution in [-0.2, 0) is 4.79 Å². The number of hydrogen-bond acceptors (Lipinski definition) is 1. The standard InChI is InChI=1S/C13H19F3O/c1-3-9(2)8-12(17)10-4-6-11(7-5-10)13(14,15)16/h10-11H,2-8H2,1H3. The van der Waals surface area contributed by atoms with Gasteiger partial charge in [0, 0.05) is 12.3 Å². The molecule has 0 amide bonds. The number of carbonyl (C=O) groups is 1. The summed E-state index contributed by atoms with van der Waals surface area (Å²) in [6.07, 6.45) is -2.07. The minimum Gasteiger partial charge on any atom is -0.299 e. The molecule has 0 N–H and O–H groups in total. The summed E-state index contributed by atoms with van der Waals surface area (Å²) in [4.78, 5) is 11.8. The van der Waals surface area contributed by atoms with Crippen LogP contribution in [0.25, 0.3) is 0 Å². The molecule has 1 saturated carbocycles. The maximum atomic E-state index is 12.4. The van der Waals surface area contributed by atoms with E-state index in [1.807, 2.05) is 6.92 Å². The zero-order valence-corrected chi connectivity index (χ0v) is 10.1. The summed E-state index contributed by atoms with van der Waals surface area (Å²) in [5.41, 5.74) is 0.868. The predicted octanol–water partition coefficient (Wildman–Crippen LogP) is 4.28. The molecule has 1 rings (SSSR count). The third kappa shape index (κ3) is 4.17. The summed E-state index contributed by atoms with van der Waals surface area (Å²) >= 11 is 0. The second kappa shape index (κ2) is 5.69. The van der Waals surface area contributed by atoms with E-state index in [1.54, 1.807) is 0 Å². The second-order valence-corrected chi connectivity index (χ2v) is 4.84. The fourth-order valence-corrected chi connectivity index (χ4v) is 2.26. The molecule has 0 aromatic carbocycles. The topological polar surface area (TPSA) is 17.1 Å². The molecule has 0 radical (unpaired) electrons. The summed E-state index contributed by atoms with van der Waals surface area (Å²) < 4.78 is 37.3. The molecule has 0 aromatic heterocycles. The van der Waals surface area contributed by atoms with Crippen LogP contribution < -0.4 is 0 Å². The normalized spacial score (nSPS) is 25.6. The Morgan fingerprint density at radius 3 is 2.18 bits per heavy atom. The van der Waals surface area contributed by atoms with Crippen LogP contribution in [-0.4, -0.2) is 12.0 Å². The second-order valence-electron chi connectivity index (χ2n) is 4.84. The highest BCUT2D eigenvalue weighted by Gasteiger charge is 2.42. The van der Waals surface area contributed by atoms with Gasteiger partial charge in [-0.15, -0.1) is 0 Å². The molecule has 0 heterocycles. The van der Waals surface area contributed by atoms with E-state index in [1.165, 1.54) is 0 Å². The number of halogens is 3. The van der Waals surface area contributed by atoms with Crippen LogP contribution in [0.1, 0.15) is 45.4 Å². The van der Waals surface area contributed by atoms with E-state index in [9.17, 15) is 18.0 Å². The van der Waals surface area contributed by atoms with Crippen LogP contribution in [0.5, 0.6) is 0 Å². The maximum Gasteiger partial charge on any atom is 0.391 e. The Bertz CT molecular complexity index is 286. The lowest BCUT2D eigenvalue weighted by atomic mass is 9.78. The number of alkyl halides is 3. The Morgan fingerprint density at radius 1 is 1.24 bits per heavy atom. The van der Waals surface area contributed by atoms with Gasteiger partial charge in [0.1, 0.15) is 5.78 Å². The summed E-state index contributed by atoms with van der Waals surface area (Å²) in [5.74, 6) is -1.32. The van der Waals surface area contributed by atoms with E-state index in [0.29, 0.717) is 19.3 Å². The summed E-state index contributed by atoms with van der Waals surface area (Å²) in [5, 5.41) is 0. The van der Waals surface area contributed by atoms with Crippen LogP contribution in [0.2, 0.25) is 0 Å². The lowest BCUT2D eigenvalue weighted by molar-refractivity contribution is -0.184. The van der Waals surface area contributed by atoms with Gasteiger partial charge in [-0.2, -0.15) is 13.2 Å². The van der Waals surface area contributed by atoms with Gasteiger partial charge < -0.3 is 0 Å². The lowest BCUT2D eigenvalue weighted by Crippen LogP contribution is -2.30. The van der Waals surface area contributed by atoms with Crippen LogP contribution >= 0.6 is 0 Å². The van der Waals surface area contributed by atoms with Crippen LogP contribution in [0.15, 0.2) is 12.2 Å². The first-order chi connectivity index (χ1) is 7.84. The smallest absolute Gasteiger partial charge is 0.299 e. The Balaban J connectivity index is 2.42. The molecular weight excluding hydrogens is 229 g/mol. The minimum absolute atomic E-state index is 0.0671. The molecular formula is C13H19F3O. The van der Waals surface area contributed by atoms with E-state index in [4.69, 9.17) is 0 Å². The van der Waals surface area contributed by atoms with Crippen LogP contribution in [0, 0.1) is 11.8 Å². The fraction of sp³-hybridized carbons (Fsp3) is 0.769. The highest BCUT2D eigenvalue weighted by molar-refractivity contribution is 5.83. The molecule has 4 heteroatoms. The summed E-state index contributed by atoms with van der Waals surface area (Å²) in [7, 11) is 0. The van der Waals surface area contributed by atoms with Gasteiger partial charge in [0.05, 0.1) is 5.92 Å². The van der Waals surface area contributed by atoms with Crippen molar-refractivity contribution < 1.29 is 18.0 Å². The van der Waals surface area contributed by atoms with Crippen molar-refractivity contribution >= 4 is 5.78 Å². The van der Waals surface area contributed by atoms with Gasteiger partial charge in [-0.05, 0) is 32.1 Å². The van der Waals surface area contributed by atoms with Crippen molar-refractivity contribution in [2.24, 2.45) is 11.8 Å². The van der Waals surface area contributed by atoms with Crippen molar-refractivity contribution in [1.82, 2.24) is 0 Å². The SMILES string of the molecule is C=C(CC)CC(=O)C1CCC(C(F)(F)F)CC1. The van der Waals surface area contributed by atoms with E-state index in [0.717, 1.165) is 12.0 Å². The van der Waals surface area contributed by atoms with E-state index < -0.39 is 12.1 Å². The van der Waals surface area contributed by atoms with E-state index >= 15 is 0 Å². The number of rotatable bonds is 4. The molecule has 98 valence electrons. The maximum absolute atomic E-state index is 12.4. The lowest BCUT2D eigenvalue weighted by Gasteiger charge is -2.29. The third-order valence-electron chi connectivity index (χ3n) is 3.57. The van der Waals surface area contributed by atoms with Crippen molar-refractivity contribution in [2.45, 2.75) is 51.6 Å².